The number of rotatable bonds is 21. The minimum atomic E-state index is -2.03. The number of aliphatic hydroxyl groups excluding tert-OH is 3. The molecule has 3 fully saturated rings. The standard InChI is InChI=1S/C52H74N8O21/c1-50(2,3)80-46(65)54-24-37(61)43(64)55-35-21-36(57-48(67)75-26-30-13-17-32(18-14-30)60(72)73)41(38(62)40(35)79-45-39(63)42(52(7,69)27-76-45)58(8)49(68)81-51(4,5)6)78-44-34(20-19-33(77-44)23-53-22-28-9-10-28)56-47(66)74-25-29-11-15-31(16-12-29)59(70)71/h11-19,28,34-42,44-45,53,61-63,69H,9-10,20-27H2,1-8H3,(H,54,65)(H,55,64)(H,56,66)(H,57,67)/t34-,35-,36+,37+,38-,39-,40+,41-,42-,44-,45-,52+/m1/s1. The van der Waals surface area contributed by atoms with E-state index in [4.69, 9.17) is 37.9 Å². The number of benzene rings is 2. The Morgan fingerprint density at radius 3 is 1.80 bits per heavy atom. The molecule has 12 atom stereocenters. The van der Waals surface area contributed by atoms with E-state index in [1.807, 2.05) is 0 Å². The summed E-state index contributed by atoms with van der Waals surface area (Å²) < 4.78 is 47.0. The van der Waals surface area contributed by atoms with Crippen LogP contribution in [-0.4, -0.2) is 183 Å². The first-order chi connectivity index (χ1) is 38.0. The molecule has 9 N–H and O–H groups in total. The van der Waals surface area contributed by atoms with Crippen LogP contribution in [0.5, 0.6) is 0 Å². The summed E-state index contributed by atoms with van der Waals surface area (Å²) in [5.74, 6) is -0.288. The smallest absolute Gasteiger partial charge is 0.410 e. The molecule has 448 valence electrons. The zero-order valence-electron chi connectivity index (χ0n) is 46.3. The van der Waals surface area contributed by atoms with E-state index in [0.717, 1.165) is 17.7 Å². The maximum atomic E-state index is 13.9. The summed E-state index contributed by atoms with van der Waals surface area (Å²) in [5, 5.41) is 83.4. The van der Waals surface area contributed by atoms with Crippen LogP contribution in [0.1, 0.15) is 85.3 Å². The largest absolute Gasteiger partial charge is 0.466 e. The maximum absolute atomic E-state index is 13.9. The second kappa shape index (κ2) is 27.2. The first-order valence-electron chi connectivity index (χ1n) is 26.3. The number of nitro groups is 2. The average Bonchev–Trinajstić information content (AvgIpc) is 4.33. The molecular weight excluding hydrogens is 1070 g/mol. The first-order valence-corrected chi connectivity index (χ1v) is 26.3. The van der Waals surface area contributed by atoms with Crippen molar-refractivity contribution in [2.24, 2.45) is 5.92 Å². The monoisotopic (exact) mass is 1150 g/mol. The van der Waals surface area contributed by atoms with Crippen molar-refractivity contribution in [3.8, 4) is 0 Å². The fourth-order valence-corrected chi connectivity index (χ4v) is 9.02. The Kier molecular flexibility index (Phi) is 21.2. The molecule has 29 heteroatoms. The van der Waals surface area contributed by atoms with Gasteiger partial charge < -0.3 is 89.8 Å². The van der Waals surface area contributed by atoms with Crippen molar-refractivity contribution in [2.45, 2.75) is 171 Å². The normalized spacial score (nSPS) is 26.9. The number of non-ortho nitro benzene ring substituents is 2. The van der Waals surface area contributed by atoms with Gasteiger partial charge in [0, 0.05) is 31.3 Å². The summed E-state index contributed by atoms with van der Waals surface area (Å²) in [7, 11) is 1.27. The Morgan fingerprint density at radius 1 is 0.765 bits per heavy atom. The van der Waals surface area contributed by atoms with Crippen molar-refractivity contribution in [3.05, 3.63) is 91.7 Å². The number of carbonyl (C=O) groups is 5. The molecule has 0 unspecified atom stereocenters. The lowest BCUT2D eigenvalue weighted by Gasteiger charge is -2.50. The van der Waals surface area contributed by atoms with E-state index in [-0.39, 0.29) is 30.9 Å². The third-order valence-corrected chi connectivity index (χ3v) is 13.2. The van der Waals surface area contributed by atoms with Gasteiger partial charge in [-0.2, -0.15) is 0 Å². The molecule has 0 radical (unpaired) electrons. The SMILES string of the molecule is CN(C(=O)OC(C)(C)C)[C@@H]1[C@@H](O)[C@@H](O[C@@H]2[C@@H](O)[C@H](O[C@H]3OC(CNCC4CC4)=CC[C@H]3NC(=O)OCc3ccc([N+](=O)[O-])cc3)[C@@H](NC(=O)OCc3ccc([N+](=O)[O-])cc3)C[C@H]2NC(=O)[C@@H](O)CNC(=O)OC(C)(C)C)OC[C@]1(C)O. The Morgan fingerprint density at radius 2 is 1.28 bits per heavy atom. The fraction of sp³-hybridized carbons (Fsp3) is 0.635. The topological polar surface area (TPSA) is 390 Å². The van der Waals surface area contributed by atoms with Gasteiger partial charge in [-0.25, -0.2) is 19.2 Å². The van der Waals surface area contributed by atoms with Crippen molar-refractivity contribution in [1.82, 2.24) is 31.5 Å². The molecule has 2 aromatic rings. The number of ether oxygens (including phenoxy) is 8. The molecular formula is C52H74N8O21. The molecule has 29 nitrogen and oxygen atoms in total. The lowest BCUT2D eigenvalue weighted by Crippen LogP contribution is -2.71. The minimum Gasteiger partial charge on any atom is -0.466 e. The van der Waals surface area contributed by atoms with Gasteiger partial charge in [0.1, 0.15) is 66.3 Å². The molecule has 81 heavy (non-hydrogen) atoms. The zero-order chi connectivity index (χ0) is 59.6. The molecule has 2 heterocycles. The second-order valence-electron chi connectivity index (χ2n) is 22.5. The minimum absolute atomic E-state index is 0.0539. The van der Waals surface area contributed by atoms with Crippen LogP contribution < -0.4 is 26.6 Å². The molecule has 4 aliphatic rings. The summed E-state index contributed by atoms with van der Waals surface area (Å²) in [6.45, 7) is 9.88. The van der Waals surface area contributed by atoms with Gasteiger partial charge in [-0.15, -0.1) is 0 Å². The second-order valence-corrected chi connectivity index (χ2v) is 22.5. The predicted octanol–water partition coefficient (Wildman–Crippen LogP) is 2.63. The summed E-state index contributed by atoms with van der Waals surface area (Å²) in [6.07, 6.45) is -13.3. The number of carbonyl (C=O) groups excluding carboxylic acids is 5. The van der Waals surface area contributed by atoms with Gasteiger partial charge in [0.25, 0.3) is 17.3 Å². The number of nitro benzene ring substituents is 2. The number of alkyl carbamates (subject to hydrolysis) is 3. The molecule has 0 spiro atoms. The number of aliphatic hydroxyl groups is 4. The number of nitrogens with one attached hydrogen (secondary N) is 5. The highest BCUT2D eigenvalue weighted by molar-refractivity contribution is 5.82. The van der Waals surface area contributed by atoms with Crippen LogP contribution in [0.4, 0.5) is 30.6 Å². The molecule has 5 amide bonds. The Bertz CT molecular complexity index is 2550. The summed E-state index contributed by atoms with van der Waals surface area (Å²) in [6, 6.07) is 4.97. The van der Waals surface area contributed by atoms with Crippen LogP contribution >= 0.6 is 0 Å². The van der Waals surface area contributed by atoms with Gasteiger partial charge in [0.15, 0.2) is 6.29 Å². The quantitative estimate of drug-likeness (QED) is 0.0493. The van der Waals surface area contributed by atoms with Crippen molar-refractivity contribution in [1.29, 1.82) is 0 Å². The molecule has 0 bridgehead atoms. The van der Waals surface area contributed by atoms with Crippen molar-refractivity contribution < 1.29 is 92.1 Å². The van der Waals surface area contributed by atoms with Crippen LogP contribution in [0.25, 0.3) is 0 Å². The van der Waals surface area contributed by atoms with Gasteiger partial charge in [0.05, 0.1) is 53.7 Å². The van der Waals surface area contributed by atoms with E-state index in [9.17, 15) is 64.6 Å². The van der Waals surface area contributed by atoms with Crippen LogP contribution in [0.15, 0.2) is 60.4 Å². The fourth-order valence-electron chi connectivity index (χ4n) is 9.02. The van der Waals surface area contributed by atoms with Gasteiger partial charge in [-0.3, -0.25) is 25.0 Å². The van der Waals surface area contributed by atoms with E-state index < -0.39 is 150 Å². The molecule has 2 saturated carbocycles. The molecule has 2 aliphatic heterocycles. The third-order valence-electron chi connectivity index (χ3n) is 13.2. The van der Waals surface area contributed by atoms with E-state index in [2.05, 4.69) is 26.6 Å². The Hall–Kier alpha value is -6.99. The highest BCUT2D eigenvalue weighted by Crippen LogP contribution is 2.35. The van der Waals surface area contributed by atoms with E-state index in [0.29, 0.717) is 29.3 Å². The maximum Gasteiger partial charge on any atom is 0.410 e. The summed E-state index contributed by atoms with van der Waals surface area (Å²) in [4.78, 5) is 89.4. The van der Waals surface area contributed by atoms with E-state index in [1.165, 1.54) is 62.5 Å². The van der Waals surface area contributed by atoms with Crippen LogP contribution in [0, 0.1) is 26.1 Å². The highest BCUT2D eigenvalue weighted by Gasteiger charge is 2.55. The summed E-state index contributed by atoms with van der Waals surface area (Å²) >= 11 is 0. The highest BCUT2D eigenvalue weighted by atomic mass is 16.7. The number of amides is 5. The molecule has 0 aromatic heterocycles. The third kappa shape index (κ3) is 18.8. The molecule has 2 aromatic carbocycles. The lowest BCUT2D eigenvalue weighted by molar-refractivity contribution is -0.385. The summed E-state index contributed by atoms with van der Waals surface area (Å²) in [5.41, 5.74) is -3.50. The number of likely N-dealkylation sites (N-methyl/N-ethyl adjacent to an activating group) is 1. The molecule has 1 saturated heterocycles. The van der Waals surface area contributed by atoms with Crippen LogP contribution in [0.3, 0.4) is 0 Å². The van der Waals surface area contributed by atoms with Gasteiger partial charge in [0.2, 0.25) is 6.29 Å². The van der Waals surface area contributed by atoms with Gasteiger partial charge in [-0.05, 0) is 128 Å². The van der Waals surface area contributed by atoms with Crippen LogP contribution in [0.2, 0.25) is 0 Å². The average molecular weight is 1150 g/mol. The zero-order valence-corrected chi connectivity index (χ0v) is 46.3. The van der Waals surface area contributed by atoms with E-state index in [1.54, 1.807) is 47.6 Å². The van der Waals surface area contributed by atoms with Gasteiger partial charge >= 0.3 is 24.4 Å². The lowest BCUT2D eigenvalue weighted by atomic mass is 9.82. The Labute approximate surface area is 466 Å². The van der Waals surface area contributed by atoms with Crippen LogP contribution in [-0.2, 0) is 55.9 Å². The van der Waals surface area contributed by atoms with Crippen molar-refractivity contribution in [2.75, 3.05) is 33.3 Å². The molecule has 6 rings (SSSR count). The first kappa shape index (κ1) is 63.2. The Balaban J connectivity index is 1.33. The number of hydrogen-bond acceptors (Lipinski definition) is 22. The number of hydrogen-bond donors (Lipinski definition) is 9. The van der Waals surface area contributed by atoms with Crippen molar-refractivity contribution >= 4 is 41.7 Å². The number of nitrogens with zero attached hydrogens (tertiary/aromatic N) is 3. The van der Waals surface area contributed by atoms with Crippen molar-refractivity contribution in [3.63, 3.8) is 0 Å². The molecule has 2 aliphatic carbocycles. The van der Waals surface area contributed by atoms with Gasteiger partial charge in [-0.1, -0.05) is 0 Å². The predicted molar refractivity (Wildman–Crippen MR) is 280 cm³/mol. The van der Waals surface area contributed by atoms with E-state index >= 15 is 0 Å².